The molecular formula is C8H14O3. The van der Waals surface area contributed by atoms with Crippen molar-refractivity contribution in [2.75, 3.05) is 13.2 Å². The molecule has 0 unspecified atom stereocenters. The summed E-state index contributed by atoms with van der Waals surface area (Å²) in [6.07, 6.45) is 0. The molecule has 1 aliphatic heterocycles. The lowest BCUT2D eigenvalue weighted by Gasteiger charge is -2.22. The van der Waals surface area contributed by atoms with Crippen molar-refractivity contribution in [3.05, 3.63) is 0 Å². The number of carbonyl (C=O) groups excluding carboxylic acids is 1. The normalized spacial score (nSPS) is 22.5. The molecule has 0 amide bonds. The fraction of sp³-hybridized carbons (Fsp3) is 0.875. The molecule has 0 N–H and O–H groups in total. The van der Waals surface area contributed by atoms with Crippen LogP contribution in [0.1, 0.15) is 20.8 Å². The Bertz CT molecular complexity index is 157. The van der Waals surface area contributed by atoms with Gasteiger partial charge in [0.05, 0.1) is 13.2 Å². The Hall–Kier alpha value is -0.410. The summed E-state index contributed by atoms with van der Waals surface area (Å²) in [5, 5.41) is 0. The Morgan fingerprint density at radius 2 is 1.82 bits per heavy atom. The lowest BCUT2D eigenvalue weighted by Crippen LogP contribution is -2.39. The Morgan fingerprint density at radius 1 is 1.36 bits per heavy atom. The third-order valence-electron chi connectivity index (χ3n) is 1.81. The number of rotatable bonds is 2. The van der Waals surface area contributed by atoms with E-state index in [1.165, 1.54) is 0 Å². The number of carbonyl (C=O) groups is 1. The van der Waals surface area contributed by atoms with Crippen LogP contribution >= 0.6 is 0 Å². The summed E-state index contributed by atoms with van der Waals surface area (Å²) in [4.78, 5) is 11.4. The number of hydrogen-bond acceptors (Lipinski definition) is 3. The summed E-state index contributed by atoms with van der Waals surface area (Å²) >= 11 is 0. The van der Waals surface area contributed by atoms with Gasteiger partial charge in [0.1, 0.15) is 0 Å². The predicted molar refractivity (Wildman–Crippen MR) is 40.2 cm³/mol. The van der Waals surface area contributed by atoms with Gasteiger partial charge in [-0.2, -0.15) is 0 Å². The number of ketones is 1. The van der Waals surface area contributed by atoms with E-state index in [1.54, 1.807) is 6.92 Å². The highest BCUT2D eigenvalue weighted by molar-refractivity contribution is 5.87. The van der Waals surface area contributed by atoms with Gasteiger partial charge in [-0.05, 0) is 6.92 Å². The third-order valence-corrected chi connectivity index (χ3v) is 1.81. The van der Waals surface area contributed by atoms with Crippen molar-refractivity contribution in [3.63, 3.8) is 0 Å². The van der Waals surface area contributed by atoms with Gasteiger partial charge in [0.2, 0.25) is 5.79 Å². The van der Waals surface area contributed by atoms with Gasteiger partial charge in [0, 0.05) is 5.92 Å². The van der Waals surface area contributed by atoms with E-state index < -0.39 is 5.79 Å². The maximum atomic E-state index is 11.4. The first-order valence-electron chi connectivity index (χ1n) is 3.88. The molecule has 0 atom stereocenters. The van der Waals surface area contributed by atoms with Crippen molar-refractivity contribution in [2.45, 2.75) is 26.6 Å². The monoisotopic (exact) mass is 158 g/mol. The molecule has 1 fully saturated rings. The highest BCUT2D eigenvalue weighted by atomic mass is 16.7. The van der Waals surface area contributed by atoms with Crippen molar-refractivity contribution in [1.29, 1.82) is 0 Å². The van der Waals surface area contributed by atoms with Crippen LogP contribution in [-0.2, 0) is 14.3 Å². The summed E-state index contributed by atoms with van der Waals surface area (Å²) in [7, 11) is 0. The Morgan fingerprint density at radius 3 is 2.18 bits per heavy atom. The van der Waals surface area contributed by atoms with Crippen molar-refractivity contribution in [1.82, 2.24) is 0 Å². The molecule has 0 radical (unpaired) electrons. The average molecular weight is 158 g/mol. The van der Waals surface area contributed by atoms with Crippen LogP contribution in [0.5, 0.6) is 0 Å². The molecule has 3 nitrogen and oxygen atoms in total. The third kappa shape index (κ3) is 1.60. The van der Waals surface area contributed by atoms with Crippen LogP contribution in [0.3, 0.4) is 0 Å². The molecule has 0 bridgehead atoms. The smallest absolute Gasteiger partial charge is 0.226 e. The molecule has 0 aromatic rings. The Labute approximate surface area is 66.7 Å². The molecule has 0 saturated carbocycles. The van der Waals surface area contributed by atoms with Crippen LogP contribution in [0.4, 0.5) is 0 Å². The average Bonchev–Trinajstić information content (AvgIpc) is 2.35. The molecule has 0 aliphatic carbocycles. The second kappa shape index (κ2) is 2.91. The van der Waals surface area contributed by atoms with Gasteiger partial charge in [-0.3, -0.25) is 4.79 Å². The maximum absolute atomic E-state index is 11.4. The van der Waals surface area contributed by atoms with E-state index in [4.69, 9.17) is 9.47 Å². The van der Waals surface area contributed by atoms with Crippen molar-refractivity contribution in [2.24, 2.45) is 5.92 Å². The van der Waals surface area contributed by atoms with E-state index in [9.17, 15) is 4.79 Å². The first-order chi connectivity index (χ1) is 5.06. The number of hydrogen-bond donors (Lipinski definition) is 0. The largest absolute Gasteiger partial charge is 0.341 e. The molecule has 0 aromatic heterocycles. The zero-order valence-electron chi connectivity index (χ0n) is 7.22. The van der Waals surface area contributed by atoms with Gasteiger partial charge in [0.15, 0.2) is 5.78 Å². The molecule has 1 heterocycles. The maximum Gasteiger partial charge on any atom is 0.226 e. The van der Waals surface area contributed by atoms with Crippen LogP contribution in [0.25, 0.3) is 0 Å². The molecular weight excluding hydrogens is 144 g/mol. The second-order valence-corrected chi connectivity index (χ2v) is 3.16. The predicted octanol–water partition coefficient (Wildman–Crippen LogP) is 0.974. The topological polar surface area (TPSA) is 35.5 Å². The van der Waals surface area contributed by atoms with Crippen LogP contribution in [0.2, 0.25) is 0 Å². The van der Waals surface area contributed by atoms with Gasteiger partial charge in [-0.1, -0.05) is 13.8 Å². The summed E-state index contributed by atoms with van der Waals surface area (Å²) in [5.41, 5.74) is 0. The fourth-order valence-corrected chi connectivity index (χ4v) is 1.18. The minimum Gasteiger partial charge on any atom is -0.341 e. The van der Waals surface area contributed by atoms with Crippen LogP contribution in [-0.4, -0.2) is 24.8 Å². The highest BCUT2D eigenvalue weighted by Crippen LogP contribution is 2.22. The molecule has 64 valence electrons. The standard InChI is InChI=1S/C8H14O3/c1-6(2)7(9)8(3)10-4-5-11-8/h6H,4-5H2,1-3H3. The van der Waals surface area contributed by atoms with Gasteiger partial charge >= 0.3 is 0 Å². The van der Waals surface area contributed by atoms with Gasteiger partial charge in [-0.25, -0.2) is 0 Å². The van der Waals surface area contributed by atoms with Gasteiger partial charge in [0.25, 0.3) is 0 Å². The lowest BCUT2D eigenvalue weighted by molar-refractivity contribution is -0.177. The molecule has 11 heavy (non-hydrogen) atoms. The van der Waals surface area contributed by atoms with Crippen LogP contribution < -0.4 is 0 Å². The zero-order chi connectivity index (χ0) is 8.48. The Balaban J connectivity index is 2.64. The summed E-state index contributed by atoms with van der Waals surface area (Å²) in [5.74, 6) is -0.971. The van der Waals surface area contributed by atoms with Crippen LogP contribution in [0, 0.1) is 5.92 Å². The zero-order valence-corrected chi connectivity index (χ0v) is 7.22. The molecule has 0 spiro atoms. The summed E-state index contributed by atoms with van der Waals surface area (Å²) in [6, 6.07) is 0. The van der Waals surface area contributed by atoms with Gasteiger partial charge in [-0.15, -0.1) is 0 Å². The number of Topliss-reactive ketones (excluding diaryl/α,β-unsaturated/α-hetero) is 1. The van der Waals surface area contributed by atoms with E-state index in [0.717, 1.165) is 0 Å². The van der Waals surface area contributed by atoms with Gasteiger partial charge < -0.3 is 9.47 Å². The Kier molecular flexibility index (Phi) is 2.30. The first-order valence-corrected chi connectivity index (χ1v) is 3.88. The minimum absolute atomic E-state index is 0.0231. The van der Waals surface area contributed by atoms with Crippen molar-refractivity contribution in [3.8, 4) is 0 Å². The molecule has 0 aromatic carbocycles. The van der Waals surface area contributed by atoms with Crippen LogP contribution in [0.15, 0.2) is 0 Å². The summed E-state index contributed by atoms with van der Waals surface area (Å²) in [6.45, 7) is 6.42. The summed E-state index contributed by atoms with van der Waals surface area (Å²) < 4.78 is 10.4. The van der Waals surface area contributed by atoms with E-state index in [0.29, 0.717) is 13.2 Å². The molecule has 3 heteroatoms. The van der Waals surface area contributed by atoms with E-state index in [2.05, 4.69) is 0 Å². The minimum atomic E-state index is -0.964. The molecule has 1 aliphatic rings. The number of ether oxygens (including phenoxy) is 2. The van der Waals surface area contributed by atoms with E-state index >= 15 is 0 Å². The van der Waals surface area contributed by atoms with Crippen molar-refractivity contribution >= 4 is 5.78 Å². The lowest BCUT2D eigenvalue weighted by atomic mass is 10.0. The van der Waals surface area contributed by atoms with E-state index in [1.807, 2.05) is 13.8 Å². The molecule has 1 saturated heterocycles. The highest BCUT2D eigenvalue weighted by Gasteiger charge is 2.40. The van der Waals surface area contributed by atoms with E-state index in [-0.39, 0.29) is 11.7 Å². The first kappa shape index (κ1) is 8.68. The van der Waals surface area contributed by atoms with Crippen molar-refractivity contribution < 1.29 is 14.3 Å². The quantitative estimate of drug-likeness (QED) is 0.600. The SMILES string of the molecule is CC(C)C(=O)C1(C)OCCO1. The fourth-order valence-electron chi connectivity index (χ4n) is 1.18. The molecule has 1 rings (SSSR count). The second-order valence-electron chi connectivity index (χ2n) is 3.16.